The number of urea groups is 1. The highest BCUT2D eigenvalue weighted by atomic mass is 19.1. The van der Waals surface area contributed by atoms with Gasteiger partial charge in [0.15, 0.2) is 23.1 Å². The summed E-state index contributed by atoms with van der Waals surface area (Å²) in [5, 5.41) is 5.66. The molecule has 1 fully saturated rings. The molecule has 0 saturated carbocycles. The number of rotatable bonds is 12. The molecule has 1 aliphatic heterocycles. The molecule has 4 aromatic rings. The van der Waals surface area contributed by atoms with Crippen LogP contribution in [-0.2, 0) is 0 Å². The van der Waals surface area contributed by atoms with Crippen molar-refractivity contribution in [2.75, 3.05) is 45.5 Å². The first-order valence-corrected chi connectivity index (χ1v) is 14.5. The average Bonchev–Trinajstić information content (AvgIpc) is 3.04. The van der Waals surface area contributed by atoms with E-state index in [0.717, 1.165) is 37.1 Å². The van der Waals surface area contributed by atoms with Gasteiger partial charge in [-0.3, -0.25) is 4.98 Å². The number of methoxy groups -OCH3 is 2. The Morgan fingerprint density at radius 3 is 2.59 bits per heavy atom. The van der Waals surface area contributed by atoms with Crippen molar-refractivity contribution in [3.8, 4) is 28.7 Å². The molecule has 2 N–H and O–H groups in total. The van der Waals surface area contributed by atoms with E-state index in [4.69, 9.17) is 24.7 Å². The maximum atomic E-state index is 15.3. The third-order valence-corrected chi connectivity index (χ3v) is 7.32. The normalized spacial score (nSPS) is 13.6. The number of carbonyl (C=O) groups excluding carboxylic acids is 1. The van der Waals surface area contributed by atoms with E-state index in [2.05, 4.69) is 15.0 Å². The number of primary amides is 1. The second-order valence-electron chi connectivity index (χ2n) is 10.3. The lowest BCUT2D eigenvalue weighted by Crippen LogP contribution is -2.31. The van der Waals surface area contributed by atoms with Crippen LogP contribution in [0.3, 0.4) is 0 Å². The van der Waals surface area contributed by atoms with Crippen LogP contribution in [0.15, 0.2) is 72.0 Å². The number of likely N-dealkylation sites (tertiary alicyclic amines) is 1. The fraction of sp³-hybridized carbons (Fsp3) is 0.303. The third-order valence-electron chi connectivity index (χ3n) is 7.32. The first kappa shape index (κ1) is 30.6. The molecule has 1 aliphatic rings. The number of hydrogen-bond donors (Lipinski definition) is 1. The predicted molar refractivity (Wildman–Crippen MR) is 168 cm³/mol. The van der Waals surface area contributed by atoms with Gasteiger partial charge >= 0.3 is 6.03 Å². The zero-order chi connectivity index (χ0) is 30.9. The van der Waals surface area contributed by atoms with Crippen LogP contribution in [0.2, 0.25) is 0 Å². The highest BCUT2D eigenvalue weighted by Crippen LogP contribution is 2.38. The molecule has 44 heavy (non-hydrogen) atoms. The van der Waals surface area contributed by atoms with Crippen LogP contribution in [0, 0.1) is 5.82 Å². The highest BCUT2D eigenvalue weighted by molar-refractivity contribution is 5.93. The maximum Gasteiger partial charge on any atom is 0.340 e. The van der Waals surface area contributed by atoms with Gasteiger partial charge in [0, 0.05) is 30.3 Å². The number of halogens is 1. The van der Waals surface area contributed by atoms with Crippen molar-refractivity contribution < 1.29 is 28.1 Å². The number of amides is 2. The SMILES string of the molecule is COc1cccc(/C=N/N(C(N)=O)c2ccc(Oc3ccnc4cc(OCCCN5CCCCC5)c(OC)cc34)c(F)c2)c1. The number of aromatic nitrogens is 1. The van der Waals surface area contributed by atoms with Crippen molar-refractivity contribution >= 4 is 28.8 Å². The van der Waals surface area contributed by atoms with Gasteiger partial charge in [0.05, 0.1) is 38.2 Å². The molecule has 10 nitrogen and oxygen atoms in total. The number of piperidine rings is 1. The fourth-order valence-electron chi connectivity index (χ4n) is 5.06. The summed E-state index contributed by atoms with van der Waals surface area (Å²) < 4.78 is 38.1. The monoisotopic (exact) mass is 601 g/mol. The Balaban J connectivity index is 1.31. The number of anilines is 1. The standard InChI is InChI=1S/C33H36FN5O5/c1-41-25-9-6-8-23(18-25)22-37-39(33(35)40)24-10-11-30(27(34)19-24)44-29-12-13-36-28-21-32(31(42-2)20-26(28)29)43-17-7-16-38-14-4-3-5-15-38/h6,8-13,18-22H,3-5,7,14-17H2,1-2H3,(H2,35,40)/b37-22+. The average molecular weight is 602 g/mol. The van der Waals surface area contributed by atoms with E-state index in [1.807, 2.05) is 0 Å². The lowest BCUT2D eigenvalue weighted by Gasteiger charge is -2.26. The molecule has 2 amide bonds. The second kappa shape index (κ2) is 14.5. The summed E-state index contributed by atoms with van der Waals surface area (Å²) in [6.45, 7) is 3.86. The summed E-state index contributed by atoms with van der Waals surface area (Å²) in [6, 6.07) is 15.4. The molecule has 0 unspecified atom stereocenters. The molecule has 1 aromatic heterocycles. The summed E-state index contributed by atoms with van der Waals surface area (Å²) in [5.41, 5.74) is 6.95. The van der Waals surface area contributed by atoms with E-state index < -0.39 is 11.8 Å². The van der Waals surface area contributed by atoms with E-state index in [1.165, 1.54) is 37.6 Å². The number of benzene rings is 3. The van der Waals surface area contributed by atoms with Crippen molar-refractivity contribution in [1.29, 1.82) is 0 Å². The lowest BCUT2D eigenvalue weighted by atomic mass is 10.1. The summed E-state index contributed by atoms with van der Waals surface area (Å²) in [6.07, 6.45) is 7.75. The minimum absolute atomic E-state index is 0.0561. The van der Waals surface area contributed by atoms with Gasteiger partial charge in [0.2, 0.25) is 0 Å². The summed E-state index contributed by atoms with van der Waals surface area (Å²) >= 11 is 0. The summed E-state index contributed by atoms with van der Waals surface area (Å²) in [5.74, 6) is 1.34. The van der Waals surface area contributed by atoms with Crippen molar-refractivity contribution in [2.45, 2.75) is 25.7 Å². The molecule has 11 heteroatoms. The van der Waals surface area contributed by atoms with Gasteiger partial charge in [-0.15, -0.1) is 0 Å². The van der Waals surface area contributed by atoms with Crippen molar-refractivity contribution in [2.24, 2.45) is 10.8 Å². The van der Waals surface area contributed by atoms with E-state index in [-0.39, 0.29) is 11.4 Å². The predicted octanol–water partition coefficient (Wildman–Crippen LogP) is 6.36. The van der Waals surface area contributed by atoms with E-state index in [9.17, 15) is 4.79 Å². The molecule has 0 radical (unpaired) electrons. The lowest BCUT2D eigenvalue weighted by molar-refractivity contribution is 0.203. The molecular formula is C33H36FN5O5. The Morgan fingerprint density at radius 1 is 1.00 bits per heavy atom. The van der Waals surface area contributed by atoms with Gasteiger partial charge < -0.3 is 29.6 Å². The minimum atomic E-state index is -0.881. The molecule has 0 aliphatic carbocycles. The van der Waals surface area contributed by atoms with Gasteiger partial charge in [-0.25, -0.2) is 9.18 Å². The molecular weight excluding hydrogens is 565 g/mol. The van der Waals surface area contributed by atoms with Gasteiger partial charge in [0.1, 0.15) is 11.5 Å². The number of nitrogens with two attached hydrogens (primary N) is 1. The van der Waals surface area contributed by atoms with E-state index >= 15 is 4.39 Å². The Bertz CT molecular complexity index is 1630. The van der Waals surface area contributed by atoms with Crippen molar-refractivity contribution in [3.05, 3.63) is 78.2 Å². The third kappa shape index (κ3) is 7.54. The number of pyridine rings is 1. The quantitative estimate of drug-likeness (QED) is 0.114. The number of nitrogens with zero attached hydrogens (tertiary/aromatic N) is 4. The summed E-state index contributed by atoms with van der Waals surface area (Å²) in [4.78, 5) is 19.1. The van der Waals surface area contributed by atoms with Crippen LogP contribution < -0.4 is 29.7 Å². The zero-order valence-corrected chi connectivity index (χ0v) is 24.9. The fourth-order valence-corrected chi connectivity index (χ4v) is 5.06. The molecule has 3 aromatic carbocycles. The molecule has 5 rings (SSSR count). The Morgan fingerprint density at radius 2 is 1.84 bits per heavy atom. The molecule has 2 heterocycles. The molecule has 0 atom stereocenters. The number of carbonyl (C=O) groups is 1. The molecule has 0 spiro atoms. The Hall–Kier alpha value is -4.90. The van der Waals surface area contributed by atoms with Gasteiger partial charge in [-0.1, -0.05) is 18.6 Å². The topological polar surface area (TPSA) is 112 Å². The molecule has 0 bridgehead atoms. The van der Waals surface area contributed by atoms with Gasteiger partial charge in [-0.05, 0) is 74.3 Å². The first-order chi connectivity index (χ1) is 21.4. The van der Waals surface area contributed by atoms with Crippen molar-refractivity contribution in [3.63, 3.8) is 0 Å². The number of fused-ring (bicyclic) bond motifs is 1. The Labute approximate surface area is 255 Å². The number of hydrogen-bond acceptors (Lipinski definition) is 8. The van der Waals surface area contributed by atoms with E-state index in [0.29, 0.717) is 46.1 Å². The number of hydrazone groups is 1. The van der Waals surface area contributed by atoms with Crippen LogP contribution >= 0.6 is 0 Å². The van der Waals surface area contributed by atoms with Crippen LogP contribution in [0.4, 0.5) is 14.9 Å². The zero-order valence-electron chi connectivity index (χ0n) is 24.9. The largest absolute Gasteiger partial charge is 0.497 e. The molecule has 1 saturated heterocycles. The van der Waals surface area contributed by atoms with Crippen LogP contribution in [-0.4, -0.2) is 62.6 Å². The van der Waals surface area contributed by atoms with Gasteiger partial charge in [0.25, 0.3) is 0 Å². The Kier molecular flexibility index (Phi) is 10.1. The van der Waals surface area contributed by atoms with Crippen LogP contribution in [0.1, 0.15) is 31.2 Å². The van der Waals surface area contributed by atoms with Crippen LogP contribution in [0.25, 0.3) is 10.9 Å². The minimum Gasteiger partial charge on any atom is -0.497 e. The summed E-state index contributed by atoms with van der Waals surface area (Å²) in [7, 11) is 3.12. The smallest absolute Gasteiger partial charge is 0.340 e. The molecule has 230 valence electrons. The maximum absolute atomic E-state index is 15.3. The highest BCUT2D eigenvalue weighted by Gasteiger charge is 2.17. The van der Waals surface area contributed by atoms with Crippen molar-refractivity contribution in [1.82, 2.24) is 9.88 Å². The second-order valence-corrected chi connectivity index (χ2v) is 10.3. The first-order valence-electron chi connectivity index (χ1n) is 14.5. The van der Waals surface area contributed by atoms with E-state index in [1.54, 1.807) is 62.9 Å². The van der Waals surface area contributed by atoms with Gasteiger partial charge in [-0.2, -0.15) is 10.1 Å². The number of ether oxygens (including phenoxy) is 4. The van der Waals surface area contributed by atoms with Crippen LogP contribution in [0.5, 0.6) is 28.7 Å².